The first-order valence-corrected chi connectivity index (χ1v) is 11.5. The monoisotopic (exact) mass is 476 g/mol. The van der Waals surface area contributed by atoms with Crippen LogP contribution in [0.4, 0.5) is 5.00 Å². The summed E-state index contributed by atoms with van der Waals surface area (Å²) in [6.07, 6.45) is 4.13. The second-order valence-corrected chi connectivity index (χ2v) is 8.83. The first-order chi connectivity index (χ1) is 16.5. The third-order valence-corrected chi connectivity index (χ3v) is 6.82. The zero-order valence-electron chi connectivity index (χ0n) is 18.3. The Morgan fingerprint density at radius 2 is 1.97 bits per heavy atom. The molecule has 9 heteroatoms. The number of nitrogens with zero attached hydrogens (tertiary/aromatic N) is 1. The Balaban J connectivity index is 1.34. The van der Waals surface area contributed by atoms with Crippen molar-refractivity contribution in [2.45, 2.75) is 19.3 Å². The number of hydrogen-bond donors (Lipinski definition) is 1. The molecule has 1 N–H and O–H groups in total. The predicted octanol–water partition coefficient (Wildman–Crippen LogP) is 4.63. The van der Waals surface area contributed by atoms with Gasteiger partial charge in [0, 0.05) is 10.3 Å². The molecule has 1 aromatic carbocycles. The number of carbonyl (C=O) groups is 3. The van der Waals surface area contributed by atoms with Gasteiger partial charge < -0.3 is 19.2 Å². The Bertz CT molecular complexity index is 1410. The molecular weight excluding hydrogens is 456 g/mol. The molecule has 8 nitrogen and oxygen atoms in total. The lowest BCUT2D eigenvalue weighted by molar-refractivity contribution is -0.119. The molecule has 0 spiro atoms. The van der Waals surface area contributed by atoms with Crippen molar-refractivity contribution in [3.8, 4) is 11.5 Å². The number of benzene rings is 1. The number of carbonyl (C=O) groups excluding carboxylic acids is 3. The molecule has 0 saturated heterocycles. The molecule has 0 fully saturated rings. The van der Waals surface area contributed by atoms with Crippen LogP contribution in [-0.2, 0) is 27.1 Å². The van der Waals surface area contributed by atoms with Crippen molar-refractivity contribution >= 4 is 45.1 Å². The fourth-order valence-corrected chi connectivity index (χ4v) is 5.37. The summed E-state index contributed by atoms with van der Waals surface area (Å²) in [6.45, 7) is -0.505. The van der Waals surface area contributed by atoms with Crippen molar-refractivity contribution in [3.63, 3.8) is 0 Å². The highest BCUT2D eigenvalue weighted by Crippen LogP contribution is 2.39. The largest absolute Gasteiger partial charge is 0.465 e. The predicted molar refractivity (Wildman–Crippen MR) is 126 cm³/mol. The average Bonchev–Trinajstić information content (AvgIpc) is 3.59. The van der Waals surface area contributed by atoms with Crippen LogP contribution < -0.4 is 5.32 Å². The summed E-state index contributed by atoms with van der Waals surface area (Å²) in [5.41, 5.74) is 2.68. The second kappa shape index (κ2) is 9.11. The van der Waals surface area contributed by atoms with Crippen LogP contribution in [0.25, 0.3) is 22.4 Å². The van der Waals surface area contributed by atoms with Gasteiger partial charge in [0.05, 0.1) is 30.0 Å². The molecule has 0 saturated carbocycles. The lowest BCUT2D eigenvalue weighted by Crippen LogP contribution is -2.22. The van der Waals surface area contributed by atoms with Crippen LogP contribution >= 0.6 is 11.3 Å². The minimum Gasteiger partial charge on any atom is -0.465 e. The first-order valence-electron chi connectivity index (χ1n) is 10.7. The maximum absolute atomic E-state index is 12.9. The van der Waals surface area contributed by atoms with Gasteiger partial charge in [-0.1, -0.05) is 18.2 Å². The number of para-hydroxylation sites is 1. The fraction of sp³-hybridized carbons (Fsp3) is 0.200. The Morgan fingerprint density at radius 3 is 2.76 bits per heavy atom. The molecule has 1 aliphatic rings. The van der Waals surface area contributed by atoms with Gasteiger partial charge in [-0.2, -0.15) is 0 Å². The quantitative estimate of drug-likeness (QED) is 0.404. The van der Waals surface area contributed by atoms with E-state index in [-0.39, 0.29) is 5.56 Å². The molecule has 0 atom stereocenters. The topological polar surface area (TPSA) is 108 Å². The summed E-state index contributed by atoms with van der Waals surface area (Å²) < 4.78 is 15.6. The number of aryl methyl sites for hydroxylation is 1. The minimum absolute atomic E-state index is 0.273. The number of methoxy groups -OCH3 is 1. The van der Waals surface area contributed by atoms with Gasteiger partial charge in [-0.25, -0.2) is 14.6 Å². The number of rotatable bonds is 6. The molecule has 0 aliphatic heterocycles. The smallest absolute Gasteiger partial charge is 0.341 e. The van der Waals surface area contributed by atoms with Crippen LogP contribution in [0.1, 0.15) is 37.6 Å². The van der Waals surface area contributed by atoms with Gasteiger partial charge in [-0.15, -0.1) is 11.3 Å². The highest BCUT2D eigenvalue weighted by Gasteiger charge is 2.28. The van der Waals surface area contributed by atoms with Crippen LogP contribution in [-0.4, -0.2) is 36.5 Å². The van der Waals surface area contributed by atoms with Crippen LogP contribution in [0.2, 0.25) is 0 Å². The normalized spacial score (nSPS) is 12.4. The molecule has 3 heterocycles. The number of esters is 2. The molecule has 1 aliphatic carbocycles. The van der Waals surface area contributed by atoms with Gasteiger partial charge in [0.2, 0.25) is 0 Å². The van der Waals surface area contributed by atoms with Crippen molar-refractivity contribution in [2.75, 3.05) is 19.0 Å². The molecule has 172 valence electrons. The van der Waals surface area contributed by atoms with Gasteiger partial charge in [0.15, 0.2) is 12.4 Å². The Kier molecular flexibility index (Phi) is 5.85. The third-order valence-electron chi connectivity index (χ3n) is 5.61. The number of pyridine rings is 1. The number of ether oxygens (including phenoxy) is 2. The maximum atomic E-state index is 12.9. The first kappa shape index (κ1) is 21.8. The molecule has 34 heavy (non-hydrogen) atoms. The summed E-state index contributed by atoms with van der Waals surface area (Å²) in [5, 5.41) is 3.73. The van der Waals surface area contributed by atoms with E-state index in [0.717, 1.165) is 29.7 Å². The van der Waals surface area contributed by atoms with Gasteiger partial charge in [0.1, 0.15) is 10.7 Å². The lowest BCUT2D eigenvalue weighted by atomic mass is 10.1. The standard InChI is InChI=1S/C25H20N2O6S/c1-31-25(30)22-15-7-4-10-20(15)34-23(22)27-21(28)13-33-24(29)16-12-18(19-9-5-11-32-19)26-17-8-3-2-6-14(16)17/h2-3,5-6,8-9,11-12H,4,7,10,13H2,1H3,(H,27,28). The van der Waals surface area contributed by atoms with Crippen molar-refractivity contribution in [1.29, 1.82) is 0 Å². The molecule has 5 rings (SSSR count). The third kappa shape index (κ3) is 4.06. The number of nitrogens with one attached hydrogen (secondary N) is 1. The van der Waals surface area contributed by atoms with E-state index in [4.69, 9.17) is 13.9 Å². The number of aromatic nitrogens is 1. The van der Waals surface area contributed by atoms with Gasteiger partial charge in [0.25, 0.3) is 5.91 Å². The molecule has 0 bridgehead atoms. The number of furan rings is 1. The molecule has 1 amide bonds. The summed E-state index contributed by atoms with van der Waals surface area (Å²) in [5.74, 6) is -1.18. The molecule has 4 aromatic rings. The minimum atomic E-state index is -0.663. The highest BCUT2D eigenvalue weighted by atomic mass is 32.1. The lowest BCUT2D eigenvalue weighted by Gasteiger charge is -2.10. The van der Waals surface area contributed by atoms with E-state index in [2.05, 4.69) is 10.3 Å². The zero-order valence-corrected chi connectivity index (χ0v) is 19.1. The van der Waals surface area contributed by atoms with Crippen LogP contribution in [0.5, 0.6) is 0 Å². The van der Waals surface area contributed by atoms with E-state index in [0.29, 0.717) is 32.9 Å². The number of thiophene rings is 1. The van der Waals surface area contributed by atoms with Crippen LogP contribution in [0.15, 0.2) is 53.1 Å². The molecule has 0 unspecified atom stereocenters. The number of amides is 1. The maximum Gasteiger partial charge on any atom is 0.341 e. The van der Waals surface area contributed by atoms with Gasteiger partial charge in [-0.3, -0.25) is 4.79 Å². The SMILES string of the molecule is COC(=O)c1c(NC(=O)COC(=O)c2cc(-c3ccco3)nc3ccccc23)sc2c1CCC2. The number of anilines is 1. The van der Waals surface area contributed by atoms with E-state index in [1.807, 2.05) is 6.07 Å². The summed E-state index contributed by atoms with van der Waals surface area (Å²) in [4.78, 5) is 43.4. The van der Waals surface area contributed by atoms with E-state index in [1.165, 1.54) is 24.7 Å². The van der Waals surface area contributed by atoms with Crippen molar-refractivity contribution in [1.82, 2.24) is 4.98 Å². The second-order valence-electron chi connectivity index (χ2n) is 7.73. The van der Waals surface area contributed by atoms with E-state index in [9.17, 15) is 14.4 Å². The fourth-order valence-electron chi connectivity index (χ4n) is 4.08. The van der Waals surface area contributed by atoms with Crippen molar-refractivity contribution in [3.05, 3.63) is 70.3 Å². The Labute approximate surface area is 198 Å². The Hall–Kier alpha value is -3.98. The van der Waals surface area contributed by atoms with Crippen LogP contribution in [0.3, 0.4) is 0 Å². The van der Waals surface area contributed by atoms with E-state index in [1.54, 1.807) is 36.4 Å². The summed E-state index contributed by atoms with van der Waals surface area (Å²) in [6, 6.07) is 12.2. The summed E-state index contributed by atoms with van der Waals surface area (Å²) in [7, 11) is 1.31. The van der Waals surface area contributed by atoms with Crippen molar-refractivity contribution in [2.24, 2.45) is 0 Å². The van der Waals surface area contributed by atoms with Gasteiger partial charge >= 0.3 is 11.9 Å². The molecular formula is C25H20N2O6S. The van der Waals surface area contributed by atoms with Crippen LogP contribution in [0, 0.1) is 0 Å². The average molecular weight is 477 g/mol. The number of hydrogen-bond acceptors (Lipinski definition) is 8. The highest BCUT2D eigenvalue weighted by molar-refractivity contribution is 7.17. The molecule has 3 aromatic heterocycles. The Morgan fingerprint density at radius 1 is 1.12 bits per heavy atom. The van der Waals surface area contributed by atoms with Gasteiger partial charge in [-0.05, 0) is 49.1 Å². The zero-order chi connectivity index (χ0) is 23.7. The van der Waals surface area contributed by atoms with Crippen molar-refractivity contribution < 1.29 is 28.3 Å². The van der Waals surface area contributed by atoms with E-state index >= 15 is 0 Å². The van der Waals surface area contributed by atoms with E-state index < -0.39 is 24.5 Å². The number of fused-ring (bicyclic) bond motifs is 2. The summed E-state index contributed by atoms with van der Waals surface area (Å²) >= 11 is 1.36. The molecule has 0 radical (unpaired) electrons.